The van der Waals surface area contributed by atoms with Gasteiger partial charge in [0.25, 0.3) is 0 Å². The molecular formula is C26H37Cl2NO3. The van der Waals surface area contributed by atoms with Gasteiger partial charge < -0.3 is 14.4 Å². The third kappa shape index (κ3) is 5.75. The summed E-state index contributed by atoms with van der Waals surface area (Å²) < 4.78 is 12.6. The SMILES string of the molecule is CCCCCc1cc(OC(=O)N(CCCl)CCCl)c2c(c1)OC(C)(C)C1CCC(C)=CC21. The van der Waals surface area contributed by atoms with Crippen LogP contribution in [0.3, 0.4) is 0 Å². The standard InChI is InChI=1S/C26H37Cl2NO3/c1-5-6-7-8-19-16-22(31-25(30)29(13-11-27)14-12-28)24-20-15-18(2)9-10-21(20)26(3,4)32-23(24)17-19/h15-17,20-21H,5-14H2,1-4H3. The number of carbonyl (C=O) groups excluding carboxylic acids is 1. The molecule has 1 heterocycles. The smallest absolute Gasteiger partial charge is 0.415 e. The normalized spacial score (nSPS) is 21.1. The van der Waals surface area contributed by atoms with E-state index in [1.807, 2.05) is 6.07 Å². The van der Waals surface area contributed by atoms with Gasteiger partial charge in [0.2, 0.25) is 0 Å². The third-order valence-electron chi connectivity index (χ3n) is 6.74. The van der Waals surface area contributed by atoms with Crippen molar-refractivity contribution in [1.29, 1.82) is 0 Å². The maximum absolute atomic E-state index is 13.0. The van der Waals surface area contributed by atoms with Gasteiger partial charge in [-0.25, -0.2) is 4.79 Å². The predicted octanol–water partition coefficient (Wildman–Crippen LogP) is 7.31. The van der Waals surface area contributed by atoms with E-state index in [0.717, 1.165) is 49.0 Å². The van der Waals surface area contributed by atoms with E-state index in [1.54, 1.807) is 4.90 Å². The number of hydrogen-bond donors (Lipinski definition) is 0. The molecular weight excluding hydrogens is 445 g/mol. The van der Waals surface area contributed by atoms with Crippen LogP contribution in [0.15, 0.2) is 23.8 Å². The van der Waals surface area contributed by atoms with Crippen molar-refractivity contribution in [2.45, 2.75) is 77.7 Å². The maximum Gasteiger partial charge on any atom is 0.415 e. The number of rotatable bonds is 9. The Morgan fingerprint density at radius 3 is 2.59 bits per heavy atom. The number of allylic oxidation sites excluding steroid dienone is 2. The molecule has 0 bridgehead atoms. The van der Waals surface area contributed by atoms with Gasteiger partial charge in [0.15, 0.2) is 0 Å². The Hall–Kier alpha value is -1.39. The van der Waals surface area contributed by atoms with Crippen molar-refractivity contribution in [2.75, 3.05) is 24.8 Å². The van der Waals surface area contributed by atoms with Crippen molar-refractivity contribution in [3.8, 4) is 11.5 Å². The second-order valence-electron chi connectivity index (χ2n) is 9.59. The molecule has 2 aliphatic rings. The summed E-state index contributed by atoms with van der Waals surface area (Å²) in [5.41, 5.74) is 3.25. The Morgan fingerprint density at radius 2 is 1.94 bits per heavy atom. The van der Waals surface area contributed by atoms with Crippen molar-refractivity contribution >= 4 is 29.3 Å². The van der Waals surface area contributed by atoms with Crippen LogP contribution < -0.4 is 9.47 Å². The fourth-order valence-corrected chi connectivity index (χ4v) is 5.43. The van der Waals surface area contributed by atoms with Gasteiger partial charge in [-0.15, -0.1) is 23.2 Å². The molecule has 178 valence electrons. The number of halogens is 2. The van der Waals surface area contributed by atoms with Crippen molar-refractivity contribution in [3.63, 3.8) is 0 Å². The van der Waals surface area contributed by atoms with Crippen LogP contribution in [-0.2, 0) is 6.42 Å². The molecule has 1 aliphatic carbocycles. The minimum absolute atomic E-state index is 0.171. The number of amides is 1. The minimum Gasteiger partial charge on any atom is -0.487 e. The lowest BCUT2D eigenvalue weighted by molar-refractivity contribution is 0.0107. The summed E-state index contributed by atoms with van der Waals surface area (Å²) in [6.45, 7) is 9.55. The number of benzene rings is 1. The highest BCUT2D eigenvalue weighted by Gasteiger charge is 2.45. The van der Waals surface area contributed by atoms with Gasteiger partial charge in [-0.2, -0.15) is 0 Å². The van der Waals surface area contributed by atoms with Crippen molar-refractivity contribution in [1.82, 2.24) is 4.90 Å². The van der Waals surface area contributed by atoms with Crippen LogP contribution in [0.1, 0.15) is 76.8 Å². The molecule has 4 nitrogen and oxygen atoms in total. The largest absolute Gasteiger partial charge is 0.487 e. The van der Waals surface area contributed by atoms with E-state index in [1.165, 1.54) is 12.0 Å². The molecule has 0 spiro atoms. The molecule has 32 heavy (non-hydrogen) atoms. The molecule has 0 N–H and O–H groups in total. The molecule has 6 heteroatoms. The summed E-state index contributed by atoms with van der Waals surface area (Å²) in [4.78, 5) is 14.6. The Labute approximate surface area is 203 Å². The van der Waals surface area contributed by atoms with Crippen molar-refractivity contribution < 1.29 is 14.3 Å². The van der Waals surface area contributed by atoms with Gasteiger partial charge in [0, 0.05) is 42.2 Å². The molecule has 1 aromatic carbocycles. The van der Waals surface area contributed by atoms with Crippen LogP contribution in [0.2, 0.25) is 0 Å². The highest BCUT2D eigenvalue weighted by molar-refractivity contribution is 6.18. The summed E-state index contributed by atoms with van der Waals surface area (Å²) in [7, 11) is 0. The Morgan fingerprint density at radius 1 is 1.22 bits per heavy atom. The molecule has 2 atom stereocenters. The lowest BCUT2D eigenvalue weighted by Gasteiger charge is -2.46. The summed E-state index contributed by atoms with van der Waals surface area (Å²) >= 11 is 11.8. The summed E-state index contributed by atoms with van der Waals surface area (Å²) in [5, 5.41) is 0. The van der Waals surface area contributed by atoms with Gasteiger partial charge in [-0.1, -0.05) is 31.4 Å². The third-order valence-corrected chi connectivity index (χ3v) is 7.08. The Balaban J connectivity index is 2.03. The number of ether oxygens (including phenoxy) is 2. The number of carbonyl (C=O) groups is 1. The summed E-state index contributed by atoms with van der Waals surface area (Å²) in [6.07, 6.45) is 8.45. The van der Waals surface area contributed by atoms with E-state index >= 15 is 0 Å². The summed E-state index contributed by atoms with van der Waals surface area (Å²) in [6, 6.07) is 4.20. The second kappa shape index (κ2) is 11.2. The number of alkyl halides is 2. The molecule has 1 aromatic rings. The first-order valence-electron chi connectivity index (χ1n) is 11.9. The topological polar surface area (TPSA) is 38.8 Å². The molecule has 0 radical (unpaired) electrons. The fraction of sp³-hybridized carbons (Fsp3) is 0.654. The van der Waals surface area contributed by atoms with Gasteiger partial charge in [-0.3, -0.25) is 0 Å². The van der Waals surface area contributed by atoms with Crippen molar-refractivity contribution in [3.05, 3.63) is 34.9 Å². The molecule has 3 rings (SSSR count). The van der Waals surface area contributed by atoms with E-state index in [0.29, 0.717) is 36.5 Å². The first-order valence-corrected chi connectivity index (χ1v) is 13.0. The number of fused-ring (bicyclic) bond motifs is 3. The maximum atomic E-state index is 13.0. The van der Waals surface area contributed by atoms with Crippen LogP contribution in [0, 0.1) is 5.92 Å². The lowest BCUT2D eigenvalue weighted by atomic mass is 9.68. The number of aryl methyl sites for hydroxylation is 1. The predicted molar refractivity (Wildman–Crippen MR) is 133 cm³/mol. The van der Waals surface area contributed by atoms with Crippen LogP contribution in [-0.4, -0.2) is 41.4 Å². The fourth-order valence-electron chi connectivity index (χ4n) is 5.03. The van der Waals surface area contributed by atoms with Crippen LogP contribution in [0.5, 0.6) is 11.5 Å². The van der Waals surface area contributed by atoms with Gasteiger partial charge in [0.05, 0.1) is 0 Å². The lowest BCUT2D eigenvalue weighted by Crippen LogP contribution is -2.45. The first kappa shape index (κ1) is 25.2. The molecule has 0 saturated heterocycles. The zero-order chi connectivity index (χ0) is 23.3. The molecule has 0 fully saturated rings. The van der Waals surface area contributed by atoms with Gasteiger partial charge in [0.1, 0.15) is 17.1 Å². The van der Waals surface area contributed by atoms with E-state index in [4.69, 9.17) is 32.7 Å². The zero-order valence-corrected chi connectivity index (χ0v) is 21.4. The first-order chi connectivity index (χ1) is 15.3. The highest BCUT2D eigenvalue weighted by Crippen LogP contribution is 2.53. The average Bonchev–Trinajstić information content (AvgIpc) is 2.72. The Bertz CT molecular complexity index is 831. The highest BCUT2D eigenvalue weighted by atomic mass is 35.5. The molecule has 2 unspecified atom stereocenters. The van der Waals surface area contributed by atoms with Crippen LogP contribution >= 0.6 is 23.2 Å². The van der Waals surface area contributed by atoms with Crippen LogP contribution in [0.25, 0.3) is 0 Å². The average molecular weight is 482 g/mol. The number of unbranched alkanes of at least 4 members (excludes halogenated alkanes) is 2. The quantitative estimate of drug-likeness (QED) is 0.210. The summed E-state index contributed by atoms with van der Waals surface area (Å²) in [5.74, 6) is 2.65. The van der Waals surface area contributed by atoms with E-state index in [2.05, 4.69) is 39.8 Å². The molecule has 0 aromatic heterocycles. The molecule has 1 amide bonds. The van der Waals surface area contributed by atoms with E-state index in [9.17, 15) is 4.79 Å². The van der Waals surface area contributed by atoms with Crippen LogP contribution in [0.4, 0.5) is 4.79 Å². The van der Waals surface area contributed by atoms with Crippen molar-refractivity contribution in [2.24, 2.45) is 5.92 Å². The monoisotopic (exact) mass is 481 g/mol. The number of hydrogen-bond acceptors (Lipinski definition) is 3. The minimum atomic E-state index is -0.405. The van der Waals surface area contributed by atoms with Gasteiger partial charge >= 0.3 is 6.09 Å². The number of nitrogens with zero attached hydrogens (tertiary/aromatic N) is 1. The second-order valence-corrected chi connectivity index (χ2v) is 10.3. The zero-order valence-electron chi connectivity index (χ0n) is 19.9. The molecule has 1 aliphatic heterocycles. The Kier molecular flexibility index (Phi) is 8.80. The molecule has 0 saturated carbocycles. The van der Waals surface area contributed by atoms with Gasteiger partial charge in [-0.05, 0) is 64.2 Å². The van der Waals surface area contributed by atoms with E-state index in [-0.39, 0.29) is 11.5 Å². The van der Waals surface area contributed by atoms with E-state index < -0.39 is 6.09 Å².